The predicted molar refractivity (Wildman–Crippen MR) is 76.2 cm³/mol. The largest absolute Gasteiger partial charge is 0.444 e. The van der Waals surface area contributed by atoms with E-state index in [0.29, 0.717) is 0 Å². The van der Waals surface area contributed by atoms with Crippen LogP contribution in [0.1, 0.15) is 59.3 Å². The summed E-state index contributed by atoms with van der Waals surface area (Å²) >= 11 is 0. The van der Waals surface area contributed by atoms with E-state index in [1.54, 1.807) is 0 Å². The summed E-state index contributed by atoms with van der Waals surface area (Å²) in [4.78, 5) is 12.0. The van der Waals surface area contributed by atoms with Crippen LogP contribution in [-0.2, 0) is 4.74 Å². The van der Waals surface area contributed by atoms with Crippen LogP contribution in [-0.4, -0.2) is 30.8 Å². The quantitative estimate of drug-likeness (QED) is 0.769. The second kappa shape index (κ2) is 5.70. The predicted octanol–water partition coefficient (Wildman–Crippen LogP) is 2.82. The number of amides is 1. The zero-order chi connectivity index (χ0) is 13.9. The summed E-state index contributed by atoms with van der Waals surface area (Å²) in [5.74, 6) is 0. The van der Waals surface area contributed by atoms with Crippen LogP contribution >= 0.6 is 0 Å². The van der Waals surface area contributed by atoms with E-state index >= 15 is 0 Å². The third-order valence-corrected chi connectivity index (χ3v) is 4.35. The molecular weight excluding hydrogens is 240 g/mol. The summed E-state index contributed by atoms with van der Waals surface area (Å²) in [7, 11) is 0. The lowest BCUT2D eigenvalue weighted by atomic mass is 9.66. The molecule has 1 aliphatic heterocycles. The Balaban J connectivity index is 1.98. The SMILES string of the molecule is CC(C)(C)OC(=O)NC1CCCCC12CCCNC2. The number of hydrogen-bond donors (Lipinski definition) is 2. The van der Waals surface area contributed by atoms with E-state index in [1.165, 1.54) is 32.1 Å². The second-order valence-electron chi connectivity index (χ2n) is 7.09. The van der Waals surface area contributed by atoms with Gasteiger partial charge in [0, 0.05) is 18.0 Å². The number of hydrogen-bond acceptors (Lipinski definition) is 3. The number of piperidine rings is 1. The summed E-state index contributed by atoms with van der Waals surface area (Å²) in [5.41, 5.74) is -0.163. The molecule has 1 amide bonds. The molecule has 0 radical (unpaired) electrons. The van der Waals surface area contributed by atoms with Crippen LogP contribution in [0.5, 0.6) is 0 Å². The molecule has 4 heteroatoms. The monoisotopic (exact) mass is 268 g/mol. The first-order valence-corrected chi connectivity index (χ1v) is 7.62. The van der Waals surface area contributed by atoms with Crippen LogP contribution in [0.15, 0.2) is 0 Å². The van der Waals surface area contributed by atoms with Crippen molar-refractivity contribution in [1.82, 2.24) is 10.6 Å². The molecule has 19 heavy (non-hydrogen) atoms. The molecule has 2 aliphatic rings. The van der Waals surface area contributed by atoms with Crippen molar-refractivity contribution in [3.05, 3.63) is 0 Å². The molecule has 0 aromatic heterocycles. The molecule has 2 N–H and O–H groups in total. The van der Waals surface area contributed by atoms with Gasteiger partial charge in [0.2, 0.25) is 0 Å². The van der Waals surface area contributed by atoms with Crippen molar-refractivity contribution in [2.75, 3.05) is 13.1 Å². The van der Waals surface area contributed by atoms with Crippen LogP contribution in [0.4, 0.5) is 4.79 Å². The van der Waals surface area contributed by atoms with Crippen molar-refractivity contribution in [2.45, 2.75) is 70.9 Å². The maximum atomic E-state index is 12.0. The molecule has 2 unspecified atom stereocenters. The summed E-state index contributed by atoms with van der Waals surface area (Å²) < 4.78 is 5.40. The molecule has 1 heterocycles. The third kappa shape index (κ3) is 3.85. The summed E-state index contributed by atoms with van der Waals surface area (Å²) in [5, 5.41) is 6.64. The molecule has 2 fully saturated rings. The Hall–Kier alpha value is -0.770. The highest BCUT2D eigenvalue weighted by Gasteiger charge is 2.42. The van der Waals surface area contributed by atoms with Gasteiger partial charge in [-0.3, -0.25) is 0 Å². The molecule has 0 aromatic rings. The Morgan fingerprint density at radius 2 is 2.00 bits per heavy atom. The molecule has 2 atom stereocenters. The van der Waals surface area contributed by atoms with Crippen molar-refractivity contribution in [2.24, 2.45) is 5.41 Å². The lowest BCUT2D eigenvalue weighted by Crippen LogP contribution is -2.56. The average molecular weight is 268 g/mol. The van der Waals surface area contributed by atoms with Gasteiger partial charge in [-0.25, -0.2) is 4.79 Å². The van der Waals surface area contributed by atoms with E-state index in [0.717, 1.165) is 19.5 Å². The van der Waals surface area contributed by atoms with Crippen molar-refractivity contribution in [3.8, 4) is 0 Å². The van der Waals surface area contributed by atoms with Crippen LogP contribution in [0.25, 0.3) is 0 Å². The van der Waals surface area contributed by atoms with Crippen LogP contribution in [0, 0.1) is 5.41 Å². The molecule has 1 aliphatic carbocycles. The highest BCUT2D eigenvalue weighted by atomic mass is 16.6. The van der Waals surface area contributed by atoms with Gasteiger partial charge in [-0.15, -0.1) is 0 Å². The fraction of sp³-hybridized carbons (Fsp3) is 0.933. The first-order chi connectivity index (χ1) is 8.91. The molecule has 1 spiro atoms. The molecule has 2 rings (SSSR count). The van der Waals surface area contributed by atoms with Crippen LogP contribution in [0.2, 0.25) is 0 Å². The first kappa shape index (κ1) is 14.6. The number of carbonyl (C=O) groups excluding carboxylic acids is 1. The number of nitrogens with one attached hydrogen (secondary N) is 2. The van der Waals surface area contributed by atoms with E-state index in [4.69, 9.17) is 4.74 Å². The maximum Gasteiger partial charge on any atom is 0.407 e. The molecule has 0 aromatic carbocycles. The van der Waals surface area contributed by atoms with Gasteiger partial charge < -0.3 is 15.4 Å². The van der Waals surface area contributed by atoms with Gasteiger partial charge in [-0.2, -0.15) is 0 Å². The van der Waals surface area contributed by atoms with Gasteiger partial charge in [0.05, 0.1) is 0 Å². The smallest absolute Gasteiger partial charge is 0.407 e. The van der Waals surface area contributed by atoms with E-state index in [1.807, 2.05) is 20.8 Å². The fourth-order valence-corrected chi connectivity index (χ4v) is 3.48. The summed E-state index contributed by atoms with van der Waals surface area (Å²) in [6.45, 7) is 7.87. The van der Waals surface area contributed by atoms with Gasteiger partial charge in [-0.1, -0.05) is 12.8 Å². The van der Waals surface area contributed by atoms with Gasteiger partial charge in [0.15, 0.2) is 0 Å². The second-order valence-corrected chi connectivity index (χ2v) is 7.09. The van der Waals surface area contributed by atoms with Gasteiger partial charge in [-0.05, 0) is 53.0 Å². The van der Waals surface area contributed by atoms with Crippen molar-refractivity contribution in [3.63, 3.8) is 0 Å². The molecular formula is C15H28N2O2. The highest BCUT2D eigenvalue weighted by Crippen LogP contribution is 2.41. The zero-order valence-corrected chi connectivity index (χ0v) is 12.6. The van der Waals surface area contributed by atoms with Gasteiger partial charge in [0.1, 0.15) is 5.60 Å². The Labute approximate surface area is 116 Å². The number of rotatable bonds is 1. The number of carbonyl (C=O) groups is 1. The van der Waals surface area contributed by atoms with Crippen LogP contribution in [0.3, 0.4) is 0 Å². The average Bonchev–Trinajstić information content (AvgIpc) is 2.31. The number of ether oxygens (including phenoxy) is 1. The summed E-state index contributed by atoms with van der Waals surface area (Å²) in [6.07, 6.45) is 6.98. The topological polar surface area (TPSA) is 50.4 Å². The standard InChI is InChI=1S/C15H28N2O2/c1-14(2,3)19-13(18)17-12-7-4-5-8-15(12)9-6-10-16-11-15/h12,16H,4-11H2,1-3H3,(H,17,18). The highest BCUT2D eigenvalue weighted by molar-refractivity contribution is 5.68. The minimum absolute atomic E-state index is 0.257. The zero-order valence-electron chi connectivity index (χ0n) is 12.6. The fourth-order valence-electron chi connectivity index (χ4n) is 3.48. The summed E-state index contributed by atoms with van der Waals surface area (Å²) in [6, 6.07) is 0.267. The van der Waals surface area contributed by atoms with Crippen molar-refractivity contribution < 1.29 is 9.53 Å². The Morgan fingerprint density at radius 3 is 2.63 bits per heavy atom. The minimum atomic E-state index is -0.420. The van der Waals surface area contributed by atoms with E-state index in [9.17, 15) is 4.79 Å². The molecule has 4 nitrogen and oxygen atoms in total. The van der Waals surface area contributed by atoms with E-state index < -0.39 is 5.60 Å². The first-order valence-electron chi connectivity index (χ1n) is 7.62. The van der Waals surface area contributed by atoms with Crippen LogP contribution < -0.4 is 10.6 Å². The molecule has 1 saturated carbocycles. The lowest BCUT2D eigenvalue weighted by Gasteiger charge is -2.47. The van der Waals surface area contributed by atoms with Crippen molar-refractivity contribution in [1.29, 1.82) is 0 Å². The number of alkyl carbamates (subject to hydrolysis) is 1. The normalized spacial score (nSPS) is 32.1. The minimum Gasteiger partial charge on any atom is -0.444 e. The van der Waals surface area contributed by atoms with E-state index in [-0.39, 0.29) is 17.6 Å². The van der Waals surface area contributed by atoms with E-state index in [2.05, 4.69) is 10.6 Å². The van der Waals surface area contributed by atoms with Crippen molar-refractivity contribution >= 4 is 6.09 Å². The Bertz CT molecular complexity index is 308. The maximum absolute atomic E-state index is 12.0. The Kier molecular flexibility index (Phi) is 4.39. The van der Waals surface area contributed by atoms with Gasteiger partial charge >= 0.3 is 6.09 Å². The third-order valence-electron chi connectivity index (χ3n) is 4.35. The Morgan fingerprint density at radius 1 is 1.26 bits per heavy atom. The molecule has 0 bridgehead atoms. The molecule has 1 saturated heterocycles. The lowest BCUT2D eigenvalue weighted by molar-refractivity contribution is 0.0333. The molecule has 110 valence electrons. The van der Waals surface area contributed by atoms with Gasteiger partial charge in [0.25, 0.3) is 0 Å².